The van der Waals surface area contributed by atoms with Crippen LogP contribution in [0.15, 0.2) is 29.4 Å². The van der Waals surface area contributed by atoms with Crippen molar-refractivity contribution in [2.45, 2.75) is 0 Å². The maximum atomic E-state index is 4.36. The highest BCUT2D eigenvalue weighted by atomic mass is 35.5. The Balaban J connectivity index is 0.00000108. The van der Waals surface area contributed by atoms with Gasteiger partial charge in [0.25, 0.3) is 0 Å². The van der Waals surface area contributed by atoms with Crippen LogP contribution in [0.1, 0.15) is 0 Å². The molecule has 1 aromatic heterocycles. The van der Waals surface area contributed by atoms with Crippen LogP contribution in [0.3, 0.4) is 0 Å². The average Bonchev–Trinajstić information content (AvgIpc) is 2.86. The Hall–Kier alpha value is -1.75. The second-order valence-electron chi connectivity index (χ2n) is 3.82. The molecule has 1 aliphatic heterocycles. The molecule has 2 N–H and O–H groups in total. The number of hydrogen-bond donors (Lipinski definition) is 2. The van der Waals surface area contributed by atoms with Gasteiger partial charge in [-0.1, -0.05) is 6.07 Å². The van der Waals surface area contributed by atoms with E-state index in [2.05, 4.69) is 20.7 Å². The van der Waals surface area contributed by atoms with Gasteiger partial charge in [-0.05, 0) is 12.1 Å². The Kier molecular flexibility index (Phi) is 3.19. The molecule has 3 rings (SSSR count). The van der Waals surface area contributed by atoms with E-state index < -0.39 is 0 Å². The fourth-order valence-electron chi connectivity index (χ4n) is 1.88. The standard InChI is InChI=1S/C11H13N5.ClH/c1-16-7-8-9(3-2-4-10(8)15-16)14-11-12-5-6-13-11;/h2-4,7H,5-6H2,1H3,(H2,12,13,14);1H. The zero-order valence-electron chi connectivity index (χ0n) is 9.47. The molecule has 17 heavy (non-hydrogen) atoms. The summed E-state index contributed by atoms with van der Waals surface area (Å²) < 4.78 is 1.82. The zero-order valence-corrected chi connectivity index (χ0v) is 10.3. The number of halogens is 1. The second kappa shape index (κ2) is 4.63. The third-order valence-electron chi connectivity index (χ3n) is 2.59. The highest BCUT2D eigenvalue weighted by molar-refractivity contribution is 6.02. The molecule has 0 saturated carbocycles. The summed E-state index contributed by atoms with van der Waals surface area (Å²) in [6.07, 6.45) is 2.01. The lowest BCUT2D eigenvalue weighted by Crippen LogP contribution is -2.26. The van der Waals surface area contributed by atoms with Crippen molar-refractivity contribution >= 4 is 35.0 Å². The van der Waals surface area contributed by atoms with Gasteiger partial charge in [0.1, 0.15) is 0 Å². The van der Waals surface area contributed by atoms with E-state index in [9.17, 15) is 0 Å². The van der Waals surface area contributed by atoms with Crippen LogP contribution in [0.4, 0.5) is 5.69 Å². The van der Waals surface area contributed by atoms with Gasteiger partial charge in [0, 0.05) is 25.2 Å². The first-order valence-electron chi connectivity index (χ1n) is 5.31. The largest absolute Gasteiger partial charge is 0.354 e. The van der Waals surface area contributed by atoms with Gasteiger partial charge < -0.3 is 10.6 Å². The van der Waals surface area contributed by atoms with E-state index in [1.165, 1.54) is 0 Å². The van der Waals surface area contributed by atoms with Crippen LogP contribution in [0.2, 0.25) is 0 Å². The Morgan fingerprint density at radius 3 is 3.06 bits per heavy atom. The smallest absolute Gasteiger partial charge is 0.195 e. The number of aromatic nitrogens is 2. The summed E-state index contributed by atoms with van der Waals surface area (Å²) in [5, 5.41) is 11.9. The van der Waals surface area contributed by atoms with E-state index in [0.717, 1.165) is 35.6 Å². The molecule has 2 heterocycles. The minimum absolute atomic E-state index is 0. The van der Waals surface area contributed by atoms with Gasteiger partial charge in [0.2, 0.25) is 0 Å². The van der Waals surface area contributed by atoms with Gasteiger partial charge in [0.15, 0.2) is 5.96 Å². The predicted octanol–water partition coefficient (Wildman–Crippen LogP) is 1.37. The van der Waals surface area contributed by atoms with E-state index in [1.54, 1.807) is 0 Å². The Morgan fingerprint density at radius 2 is 2.29 bits per heavy atom. The first-order chi connectivity index (χ1) is 7.83. The lowest BCUT2D eigenvalue weighted by atomic mass is 10.2. The Labute approximate surface area is 105 Å². The fourth-order valence-corrected chi connectivity index (χ4v) is 1.88. The van der Waals surface area contributed by atoms with Gasteiger partial charge in [-0.2, -0.15) is 5.10 Å². The molecule has 90 valence electrons. The first-order valence-corrected chi connectivity index (χ1v) is 5.31. The highest BCUT2D eigenvalue weighted by Gasteiger charge is 2.08. The normalized spacial score (nSPS) is 14.1. The number of benzene rings is 1. The second-order valence-corrected chi connectivity index (χ2v) is 3.82. The van der Waals surface area contributed by atoms with Gasteiger partial charge in [-0.15, -0.1) is 12.4 Å². The van der Waals surface area contributed by atoms with Crippen LogP contribution in [0.25, 0.3) is 10.9 Å². The maximum absolute atomic E-state index is 4.36. The van der Waals surface area contributed by atoms with Crippen molar-refractivity contribution in [3.05, 3.63) is 24.4 Å². The molecule has 0 aliphatic carbocycles. The minimum Gasteiger partial charge on any atom is -0.354 e. The van der Waals surface area contributed by atoms with Crippen molar-refractivity contribution in [1.82, 2.24) is 15.1 Å². The number of guanidine groups is 1. The van der Waals surface area contributed by atoms with E-state index in [1.807, 2.05) is 36.1 Å². The zero-order chi connectivity index (χ0) is 11.0. The first kappa shape index (κ1) is 11.7. The monoisotopic (exact) mass is 251 g/mol. The van der Waals surface area contributed by atoms with Crippen molar-refractivity contribution in [2.24, 2.45) is 12.0 Å². The lowest BCUT2D eigenvalue weighted by molar-refractivity contribution is 0.780. The molecule has 0 unspecified atom stereocenters. The molecule has 5 nitrogen and oxygen atoms in total. The van der Waals surface area contributed by atoms with Crippen LogP contribution in [0, 0.1) is 0 Å². The SMILES string of the molecule is Cl.Cn1cc2c(NC3=NCCN3)cccc2n1. The summed E-state index contributed by atoms with van der Waals surface area (Å²) in [5.41, 5.74) is 2.03. The Bertz CT molecular complexity index is 560. The average molecular weight is 252 g/mol. The Morgan fingerprint density at radius 1 is 1.41 bits per heavy atom. The number of rotatable bonds is 1. The summed E-state index contributed by atoms with van der Waals surface area (Å²) in [6, 6.07) is 6.03. The van der Waals surface area contributed by atoms with Crippen LogP contribution in [0.5, 0.6) is 0 Å². The maximum Gasteiger partial charge on any atom is 0.195 e. The van der Waals surface area contributed by atoms with Crippen LogP contribution < -0.4 is 10.6 Å². The summed E-state index contributed by atoms with van der Waals surface area (Å²) in [7, 11) is 1.93. The van der Waals surface area contributed by atoms with E-state index in [0.29, 0.717) is 0 Å². The molecule has 0 radical (unpaired) electrons. The number of hydrogen-bond acceptors (Lipinski definition) is 4. The van der Waals surface area contributed by atoms with Crippen molar-refractivity contribution in [1.29, 1.82) is 0 Å². The topological polar surface area (TPSA) is 54.2 Å². The molecule has 0 saturated heterocycles. The van der Waals surface area contributed by atoms with E-state index in [4.69, 9.17) is 0 Å². The molecule has 0 amide bonds. The van der Waals surface area contributed by atoms with Crippen LogP contribution >= 0.6 is 12.4 Å². The summed E-state index contributed by atoms with van der Waals surface area (Å²) in [5.74, 6) is 0.844. The number of aryl methyl sites for hydroxylation is 1. The number of aliphatic imine (C=N–C) groups is 1. The molecule has 6 heteroatoms. The molecule has 0 fully saturated rings. The molecule has 2 aromatic rings. The number of nitrogens with one attached hydrogen (secondary N) is 2. The summed E-state index contributed by atoms with van der Waals surface area (Å²) in [6.45, 7) is 1.75. The number of nitrogens with zero attached hydrogens (tertiary/aromatic N) is 3. The minimum atomic E-state index is 0. The van der Waals surface area contributed by atoms with E-state index in [-0.39, 0.29) is 12.4 Å². The van der Waals surface area contributed by atoms with Crippen molar-refractivity contribution in [3.8, 4) is 0 Å². The number of fused-ring (bicyclic) bond motifs is 1. The summed E-state index contributed by atoms with van der Waals surface area (Å²) >= 11 is 0. The third-order valence-corrected chi connectivity index (χ3v) is 2.59. The lowest BCUT2D eigenvalue weighted by Gasteiger charge is -2.06. The fraction of sp³-hybridized carbons (Fsp3) is 0.273. The quantitative estimate of drug-likeness (QED) is 0.805. The van der Waals surface area contributed by atoms with Gasteiger partial charge in [-0.25, -0.2) is 0 Å². The molecular formula is C11H14ClN5. The summed E-state index contributed by atoms with van der Waals surface area (Å²) in [4.78, 5) is 4.31. The van der Waals surface area contributed by atoms with Gasteiger partial charge >= 0.3 is 0 Å². The molecule has 0 atom stereocenters. The van der Waals surface area contributed by atoms with Crippen LogP contribution in [-0.2, 0) is 7.05 Å². The highest BCUT2D eigenvalue weighted by Crippen LogP contribution is 2.21. The van der Waals surface area contributed by atoms with Gasteiger partial charge in [0.05, 0.1) is 17.7 Å². The van der Waals surface area contributed by atoms with Crippen LogP contribution in [-0.4, -0.2) is 28.8 Å². The predicted molar refractivity (Wildman–Crippen MR) is 71.9 cm³/mol. The van der Waals surface area contributed by atoms with E-state index >= 15 is 0 Å². The van der Waals surface area contributed by atoms with Crippen molar-refractivity contribution in [3.63, 3.8) is 0 Å². The molecule has 1 aromatic carbocycles. The molecule has 1 aliphatic rings. The molecular weight excluding hydrogens is 238 g/mol. The number of anilines is 1. The molecule has 0 spiro atoms. The van der Waals surface area contributed by atoms with Crippen molar-refractivity contribution < 1.29 is 0 Å². The van der Waals surface area contributed by atoms with Crippen molar-refractivity contribution in [2.75, 3.05) is 18.4 Å². The van der Waals surface area contributed by atoms with Gasteiger partial charge in [-0.3, -0.25) is 9.67 Å². The third kappa shape index (κ3) is 2.19. The molecule has 0 bridgehead atoms.